The van der Waals surface area contributed by atoms with Gasteiger partial charge in [-0.25, -0.2) is 12.7 Å². The van der Waals surface area contributed by atoms with Gasteiger partial charge in [0, 0.05) is 32.3 Å². The third-order valence-corrected chi connectivity index (χ3v) is 5.13. The summed E-state index contributed by atoms with van der Waals surface area (Å²) in [6.07, 6.45) is 6.79. The van der Waals surface area contributed by atoms with Crippen LogP contribution in [0, 0.1) is 5.92 Å². The summed E-state index contributed by atoms with van der Waals surface area (Å²) >= 11 is 0. The topological polar surface area (TPSA) is 91.4 Å². The van der Waals surface area contributed by atoms with Crippen LogP contribution in [0.2, 0.25) is 0 Å². The molecule has 1 aliphatic rings. The molecule has 1 aliphatic heterocycles. The van der Waals surface area contributed by atoms with Crippen molar-refractivity contribution in [2.45, 2.75) is 19.3 Å². The van der Waals surface area contributed by atoms with Crippen molar-refractivity contribution in [3.63, 3.8) is 0 Å². The number of aromatic nitrogens is 1. The minimum atomic E-state index is -3.10. The van der Waals surface area contributed by atoms with Crippen molar-refractivity contribution in [2.24, 2.45) is 5.92 Å². The SMILES string of the molecule is CS(=O)(=O)N1CCC[C@@H](CNCCC(=O)Nc2cccnc2)C1. The molecule has 0 spiro atoms. The molecule has 2 N–H and O–H groups in total. The Morgan fingerprint density at radius 3 is 3.00 bits per heavy atom. The number of amides is 1. The minimum Gasteiger partial charge on any atom is -0.325 e. The molecule has 1 fully saturated rings. The molecule has 0 aliphatic carbocycles. The molecule has 7 nitrogen and oxygen atoms in total. The second-order valence-corrected chi connectivity index (χ2v) is 7.86. The Bertz CT molecular complexity index is 606. The average molecular weight is 340 g/mol. The van der Waals surface area contributed by atoms with Gasteiger partial charge in [0.25, 0.3) is 0 Å². The van der Waals surface area contributed by atoms with Crippen molar-refractivity contribution in [3.8, 4) is 0 Å². The summed E-state index contributed by atoms with van der Waals surface area (Å²) in [6.45, 7) is 2.48. The standard InChI is InChI=1S/C15H24N4O3S/c1-23(21,22)19-9-3-4-13(12-19)10-17-8-6-15(20)18-14-5-2-7-16-11-14/h2,5,7,11,13,17H,3-4,6,8-10,12H2,1H3,(H,18,20)/t13-/m0/s1. The summed E-state index contributed by atoms with van der Waals surface area (Å²) in [7, 11) is -3.10. The van der Waals surface area contributed by atoms with E-state index >= 15 is 0 Å². The second kappa shape index (κ2) is 8.37. The summed E-state index contributed by atoms with van der Waals surface area (Å²) in [4.78, 5) is 15.7. The van der Waals surface area contributed by atoms with Crippen LogP contribution in [0.5, 0.6) is 0 Å². The Hall–Kier alpha value is -1.51. The van der Waals surface area contributed by atoms with Crippen LogP contribution in [0.3, 0.4) is 0 Å². The lowest BCUT2D eigenvalue weighted by molar-refractivity contribution is -0.116. The fourth-order valence-electron chi connectivity index (χ4n) is 2.66. The molecule has 0 bridgehead atoms. The number of hydrogen-bond donors (Lipinski definition) is 2. The summed E-state index contributed by atoms with van der Waals surface area (Å²) in [5.74, 6) is 0.242. The van der Waals surface area contributed by atoms with Crippen LogP contribution in [-0.4, -0.2) is 56.0 Å². The van der Waals surface area contributed by atoms with Crippen molar-refractivity contribution >= 4 is 21.6 Å². The Morgan fingerprint density at radius 1 is 1.48 bits per heavy atom. The average Bonchev–Trinajstić information content (AvgIpc) is 2.52. The third-order valence-electron chi connectivity index (χ3n) is 3.86. The number of rotatable bonds is 7. The highest BCUT2D eigenvalue weighted by Gasteiger charge is 2.25. The van der Waals surface area contributed by atoms with Crippen LogP contribution >= 0.6 is 0 Å². The summed E-state index contributed by atoms with van der Waals surface area (Å²) in [6, 6.07) is 3.56. The smallest absolute Gasteiger partial charge is 0.225 e. The van der Waals surface area contributed by atoms with E-state index in [1.165, 1.54) is 10.6 Å². The first kappa shape index (κ1) is 17.8. The van der Waals surface area contributed by atoms with E-state index in [-0.39, 0.29) is 5.91 Å². The number of hydrogen-bond acceptors (Lipinski definition) is 5. The van der Waals surface area contributed by atoms with E-state index in [0.717, 1.165) is 19.4 Å². The minimum absolute atomic E-state index is 0.0630. The number of piperidine rings is 1. The predicted octanol–water partition coefficient (Wildman–Crippen LogP) is 0.671. The molecule has 0 saturated carbocycles. The van der Waals surface area contributed by atoms with E-state index in [4.69, 9.17) is 0 Å². The van der Waals surface area contributed by atoms with Crippen molar-refractivity contribution in [3.05, 3.63) is 24.5 Å². The molecule has 2 heterocycles. The van der Waals surface area contributed by atoms with Gasteiger partial charge in [-0.2, -0.15) is 0 Å². The Balaban J connectivity index is 1.64. The molecule has 0 radical (unpaired) electrons. The largest absolute Gasteiger partial charge is 0.325 e. The highest BCUT2D eigenvalue weighted by molar-refractivity contribution is 7.88. The van der Waals surface area contributed by atoms with Gasteiger partial charge in [0.2, 0.25) is 15.9 Å². The maximum Gasteiger partial charge on any atom is 0.225 e. The third kappa shape index (κ3) is 6.25. The maximum absolute atomic E-state index is 11.8. The zero-order valence-corrected chi connectivity index (χ0v) is 14.2. The molecule has 23 heavy (non-hydrogen) atoms. The zero-order chi connectivity index (χ0) is 16.7. The molecular weight excluding hydrogens is 316 g/mol. The molecular formula is C15H24N4O3S. The monoisotopic (exact) mass is 340 g/mol. The van der Waals surface area contributed by atoms with Gasteiger partial charge in [-0.05, 0) is 37.4 Å². The van der Waals surface area contributed by atoms with Crippen molar-refractivity contribution in [1.82, 2.24) is 14.6 Å². The molecule has 1 amide bonds. The summed E-state index contributed by atoms with van der Waals surface area (Å²) in [5, 5.41) is 6.02. The van der Waals surface area contributed by atoms with E-state index in [0.29, 0.717) is 37.7 Å². The molecule has 1 aromatic rings. The lowest BCUT2D eigenvalue weighted by Gasteiger charge is -2.31. The van der Waals surface area contributed by atoms with Gasteiger partial charge in [-0.3, -0.25) is 9.78 Å². The summed E-state index contributed by atoms with van der Waals surface area (Å²) in [5.41, 5.74) is 0.688. The van der Waals surface area contributed by atoms with Crippen LogP contribution in [0.1, 0.15) is 19.3 Å². The highest BCUT2D eigenvalue weighted by atomic mass is 32.2. The molecule has 1 atom stereocenters. The molecule has 1 aromatic heterocycles. The molecule has 0 aromatic carbocycles. The van der Waals surface area contributed by atoms with Gasteiger partial charge in [-0.15, -0.1) is 0 Å². The van der Waals surface area contributed by atoms with Gasteiger partial charge in [-0.1, -0.05) is 0 Å². The fraction of sp³-hybridized carbons (Fsp3) is 0.600. The number of carbonyl (C=O) groups is 1. The van der Waals surface area contributed by atoms with Gasteiger partial charge in [0.05, 0.1) is 18.1 Å². The number of nitrogens with one attached hydrogen (secondary N) is 2. The lowest BCUT2D eigenvalue weighted by atomic mass is 10.00. The lowest BCUT2D eigenvalue weighted by Crippen LogP contribution is -2.42. The predicted molar refractivity (Wildman–Crippen MR) is 89.5 cm³/mol. The zero-order valence-electron chi connectivity index (χ0n) is 13.4. The van der Waals surface area contributed by atoms with E-state index in [1.54, 1.807) is 24.5 Å². The molecule has 8 heteroatoms. The fourth-order valence-corrected chi connectivity index (χ4v) is 3.61. The van der Waals surface area contributed by atoms with Crippen molar-refractivity contribution in [1.29, 1.82) is 0 Å². The van der Waals surface area contributed by atoms with Crippen LogP contribution in [-0.2, 0) is 14.8 Å². The maximum atomic E-state index is 11.8. The van der Waals surface area contributed by atoms with Gasteiger partial charge in [0.1, 0.15) is 0 Å². The Kier molecular flexibility index (Phi) is 6.49. The molecule has 128 valence electrons. The Labute approximate surface area is 137 Å². The van der Waals surface area contributed by atoms with E-state index < -0.39 is 10.0 Å². The molecule has 1 saturated heterocycles. The van der Waals surface area contributed by atoms with E-state index in [9.17, 15) is 13.2 Å². The quantitative estimate of drug-likeness (QED) is 0.712. The number of sulfonamides is 1. The number of carbonyl (C=O) groups excluding carboxylic acids is 1. The van der Waals surface area contributed by atoms with Crippen LogP contribution in [0.25, 0.3) is 0 Å². The highest BCUT2D eigenvalue weighted by Crippen LogP contribution is 2.17. The van der Waals surface area contributed by atoms with E-state index in [2.05, 4.69) is 15.6 Å². The van der Waals surface area contributed by atoms with Crippen molar-refractivity contribution in [2.75, 3.05) is 37.8 Å². The van der Waals surface area contributed by atoms with Crippen LogP contribution < -0.4 is 10.6 Å². The first-order valence-corrected chi connectivity index (χ1v) is 9.65. The number of anilines is 1. The van der Waals surface area contributed by atoms with Gasteiger partial charge < -0.3 is 10.6 Å². The Morgan fingerprint density at radius 2 is 2.30 bits per heavy atom. The number of nitrogens with zero attached hydrogens (tertiary/aromatic N) is 2. The first-order valence-electron chi connectivity index (χ1n) is 7.81. The first-order chi connectivity index (χ1) is 10.9. The van der Waals surface area contributed by atoms with Crippen LogP contribution in [0.15, 0.2) is 24.5 Å². The van der Waals surface area contributed by atoms with Crippen LogP contribution in [0.4, 0.5) is 5.69 Å². The second-order valence-electron chi connectivity index (χ2n) is 5.87. The van der Waals surface area contributed by atoms with E-state index in [1.807, 2.05) is 0 Å². The number of pyridine rings is 1. The molecule has 2 rings (SSSR count). The van der Waals surface area contributed by atoms with Crippen molar-refractivity contribution < 1.29 is 13.2 Å². The van der Waals surface area contributed by atoms with Gasteiger partial charge in [0.15, 0.2) is 0 Å². The van der Waals surface area contributed by atoms with Gasteiger partial charge >= 0.3 is 0 Å². The normalized spacial score (nSPS) is 19.4. The summed E-state index contributed by atoms with van der Waals surface area (Å²) < 4.78 is 24.7. The molecule has 0 unspecified atom stereocenters.